The molecule has 1 aliphatic carbocycles. The number of nitrogens with zero attached hydrogens (tertiary/aromatic N) is 1. The first-order valence-corrected chi connectivity index (χ1v) is 8.02. The molecule has 1 aromatic rings. The Bertz CT molecular complexity index is 539. The second-order valence-corrected chi connectivity index (χ2v) is 6.81. The lowest BCUT2D eigenvalue weighted by atomic mass is 9.87. The van der Waals surface area contributed by atoms with E-state index in [0.717, 1.165) is 35.8 Å². The van der Waals surface area contributed by atoms with E-state index in [9.17, 15) is 9.59 Å². The van der Waals surface area contributed by atoms with Gasteiger partial charge in [-0.15, -0.1) is 0 Å². The van der Waals surface area contributed by atoms with Gasteiger partial charge in [-0.3, -0.25) is 9.59 Å². The maximum atomic E-state index is 12.5. The summed E-state index contributed by atoms with van der Waals surface area (Å²) in [7, 11) is 1.70. The number of carbonyl (C=O) groups is 2. The molecule has 5 heteroatoms. The topological polar surface area (TPSA) is 49.4 Å². The van der Waals surface area contributed by atoms with Crippen molar-refractivity contribution < 1.29 is 9.59 Å². The van der Waals surface area contributed by atoms with Gasteiger partial charge < -0.3 is 10.2 Å². The van der Waals surface area contributed by atoms with Gasteiger partial charge in [0.15, 0.2) is 0 Å². The number of benzene rings is 1. The molecule has 1 saturated carbocycles. The predicted octanol–water partition coefficient (Wildman–Crippen LogP) is 3.43. The number of rotatable bonds is 4. The lowest BCUT2D eigenvalue weighted by Crippen LogP contribution is -2.42. The van der Waals surface area contributed by atoms with E-state index >= 15 is 0 Å². The van der Waals surface area contributed by atoms with Crippen molar-refractivity contribution in [3.05, 3.63) is 28.7 Å². The third-order valence-corrected chi connectivity index (χ3v) is 4.79. The Morgan fingerprint density at radius 2 is 1.90 bits per heavy atom. The maximum absolute atomic E-state index is 12.5. The van der Waals surface area contributed by atoms with Crippen molar-refractivity contribution in [3.63, 3.8) is 0 Å². The van der Waals surface area contributed by atoms with E-state index in [2.05, 4.69) is 21.2 Å². The standard InChI is InChI=1S/C16H21BrN2O2/c1-16(9-5-6-10-16)15(21)19(2)11-14(20)18-13-8-4-3-7-12(13)17/h3-4,7-8H,5-6,9-11H2,1-2H3,(H,18,20). The number of carbonyl (C=O) groups excluding carboxylic acids is 2. The SMILES string of the molecule is CN(CC(=O)Nc1ccccc1Br)C(=O)C1(C)CCCC1. The zero-order valence-electron chi connectivity index (χ0n) is 12.5. The molecule has 0 aliphatic heterocycles. The highest BCUT2D eigenvalue weighted by Gasteiger charge is 2.38. The molecule has 0 saturated heterocycles. The number of hydrogen-bond acceptors (Lipinski definition) is 2. The second kappa shape index (κ2) is 6.60. The molecule has 1 fully saturated rings. The summed E-state index contributed by atoms with van der Waals surface area (Å²) < 4.78 is 0.829. The number of hydrogen-bond donors (Lipinski definition) is 1. The van der Waals surface area contributed by atoms with Crippen molar-refractivity contribution in [2.45, 2.75) is 32.6 Å². The van der Waals surface area contributed by atoms with Crippen LogP contribution in [0.5, 0.6) is 0 Å². The molecule has 21 heavy (non-hydrogen) atoms. The first-order valence-electron chi connectivity index (χ1n) is 7.22. The minimum Gasteiger partial charge on any atom is -0.336 e. The van der Waals surface area contributed by atoms with E-state index in [-0.39, 0.29) is 23.8 Å². The van der Waals surface area contributed by atoms with Crippen molar-refractivity contribution in [1.29, 1.82) is 0 Å². The Balaban J connectivity index is 1.93. The quantitative estimate of drug-likeness (QED) is 0.902. The highest BCUT2D eigenvalue weighted by molar-refractivity contribution is 9.10. The van der Waals surface area contributed by atoms with Crippen LogP contribution in [0.2, 0.25) is 0 Å². The summed E-state index contributed by atoms with van der Waals surface area (Å²) in [5.74, 6) is -0.110. The highest BCUT2D eigenvalue weighted by atomic mass is 79.9. The molecule has 1 N–H and O–H groups in total. The predicted molar refractivity (Wildman–Crippen MR) is 87.0 cm³/mol. The minimum atomic E-state index is -0.289. The van der Waals surface area contributed by atoms with Gasteiger partial charge in [-0.05, 0) is 40.9 Å². The highest BCUT2D eigenvalue weighted by Crippen LogP contribution is 2.38. The maximum Gasteiger partial charge on any atom is 0.244 e. The van der Waals surface area contributed by atoms with Gasteiger partial charge >= 0.3 is 0 Å². The first-order chi connectivity index (χ1) is 9.92. The van der Waals surface area contributed by atoms with Gasteiger partial charge in [-0.1, -0.05) is 31.9 Å². The third-order valence-electron chi connectivity index (χ3n) is 4.10. The van der Waals surface area contributed by atoms with Crippen LogP contribution in [0.15, 0.2) is 28.7 Å². The van der Waals surface area contributed by atoms with Crippen LogP contribution in [0.1, 0.15) is 32.6 Å². The molecule has 0 aromatic heterocycles. The first kappa shape index (κ1) is 16.0. The van der Waals surface area contributed by atoms with Crippen LogP contribution in [-0.2, 0) is 9.59 Å². The second-order valence-electron chi connectivity index (χ2n) is 5.96. The van der Waals surface area contributed by atoms with Gasteiger partial charge in [0, 0.05) is 16.9 Å². The summed E-state index contributed by atoms with van der Waals surface area (Å²) in [6, 6.07) is 7.43. The van der Waals surface area contributed by atoms with Crippen molar-refractivity contribution in [2.24, 2.45) is 5.41 Å². The van der Waals surface area contributed by atoms with E-state index in [4.69, 9.17) is 0 Å². The normalized spacial score (nSPS) is 16.5. The number of anilines is 1. The van der Waals surface area contributed by atoms with E-state index in [0.29, 0.717) is 0 Å². The monoisotopic (exact) mass is 352 g/mol. The fourth-order valence-corrected chi connectivity index (χ4v) is 3.25. The van der Waals surface area contributed by atoms with Gasteiger partial charge in [-0.25, -0.2) is 0 Å². The van der Waals surface area contributed by atoms with Crippen LogP contribution in [0.3, 0.4) is 0 Å². The molecular weight excluding hydrogens is 332 g/mol. The molecule has 1 aliphatic rings. The Hall–Kier alpha value is -1.36. The zero-order chi connectivity index (χ0) is 15.5. The lowest BCUT2D eigenvalue weighted by molar-refractivity contribution is -0.141. The smallest absolute Gasteiger partial charge is 0.244 e. The van der Waals surface area contributed by atoms with Crippen molar-refractivity contribution in [3.8, 4) is 0 Å². The molecule has 114 valence electrons. The average Bonchev–Trinajstić information content (AvgIpc) is 2.88. The summed E-state index contributed by atoms with van der Waals surface area (Å²) in [4.78, 5) is 26.1. The van der Waals surface area contributed by atoms with Crippen LogP contribution < -0.4 is 5.32 Å². The summed E-state index contributed by atoms with van der Waals surface area (Å²) >= 11 is 3.39. The van der Waals surface area contributed by atoms with Gasteiger partial charge in [0.2, 0.25) is 11.8 Å². The Kier molecular flexibility index (Phi) is 5.04. The summed E-state index contributed by atoms with van der Waals surface area (Å²) in [5.41, 5.74) is 0.429. The molecule has 0 atom stereocenters. The molecule has 0 unspecified atom stereocenters. The van der Waals surface area contributed by atoms with Crippen LogP contribution >= 0.6 is 15.9 Å². The van der Waals surface area contributed by atoms with E-state index < -0.39 is 0 Å². The lowest BCUT2D eigenvalue weighted by Gasteiger charge is -2.28. The molecule has 2 rings (SSSR count). The van der Waals surface area contributed by atoms with Crippen LogP contribution in [0, 0.1) is 5.41 Å². The van der Waals surface area contributed by atoms with Crippen molar-refractivity contribution in [1.82, 2.24) is 4.90 Å². The number of likely N-dealkylation sites (N-methyl/N-ethyl adjacent to an activating group) is 1. The molecule has 0 heterocycles. The van der Waals surface area contributed by atoms with Gasteiger partial charge in [0.1, 0.15) is 0 Å². The van der Waals surface area contributed by atoms with E-state index in [1.807, 2.05) is 31.2 Å². The van der Waals surface area contributed by atoms with E-state index in [1.165, 1.54) is 4.90 Å². The number of amides is 2. The molecule has 4 nitrogen and oxygen atoms in total. The summed E-state index contributed by atoms with van der Waals surface area (Å²) in [6.45, 7) is 2.08. The van der Waals surface area contributed by atoms with Crippen molar-refractivity contribution in [2.75, 3.05) is 18.9 Å². The van der Waals surface area contributed by atoms with Gasteiger partial charge in [-0.2, -0.15) is 0 Å². The largest absolute Gasteiger partial charge is 0.336 e. The minimum absolute atomic E-state index is 0.0716. The molecule has 0 bridgehead atoms. The Morgan fingerprint density at radius 1 is 1.29 bits per heavy atom. The van der Waals surface area contributed by atoms with Crippen LogP contribution in [-0.4, -0.2) is 30.3 Å². The van der Waals surface area contributed by atoms with Crippen LogP contribution in [0.25, 0.3) is 0 Å². The molecule has 1 aromatic carbocycles. The van der Waals surface area contributed by atoms with Crippen molar-refractivity contribution >= 4 is 33.4 Å². The number of halogens is 1. The Labute approximate surface area is 134 Å². The Morgan fingerprint density at radius 3 is 2.52 bits per heavy atom. The van der Waals surface area contributed by atoms with E-state index in [1.54, 1.807) is 7.05 Å². The number of para-hydroxylation sites is 1. The van der Waals surface area contributed by atoms with Gasteiger partial charge in [0.25, 0.3) is 0 Å². The fourth-order valence-electron chi connectivity index (χ4n) is 2.87. The number of nitrogens with one attached hydrogen (secondary N) is 1. The summed E-state index contributed by atoms with van der Waals surface area (Å²) in [6.07, 6.45) is 4.03. The molecule has 0 radical (unpaired) electrons. The molecule has 2 amide bonds. The van der Waals surface area contributed by atoms with Gasteiger partial charge in [0.05, 0.1) is 12.2 Å². The summed E-state index contributed by atoms with van der Waals surface area (Å²) in [5, 5.41) is 2.82. The van der Waals surface area contributed by atoms with Crippen LogP contribution in [0.4, 0.5) is 5.69 Å². The molecule has 0 spiro atoms. The third kappa shape index (κ3) is 3.84. The zero-order valence-corrected chi connectivity index (χ0v) is 14.1. The average molecular weight is 353 g/mol. The fraction of sp³-hybridized carbons (Fsp3) is 0.500. The molecular formula is C16H21BrN2O2.